The summed E-state index contributed by atoms with van der Waals surface area (Å²) in [5, 5.41) is 9.51. The van der Waals surface area contributed by atoms with E-state index >= 15 is 0 Å². The molecular weight excluding hydrogens is 279 g/mol. The molecule has 0 radical (unpaired) electrons. The molecule has 0 unspecified atom stereocenters. The first-order valence-electron chi connectivity index (χ1n) is 3.94. The average molecular weight is 290 g/mol. The van der Waals surface area contributed by atoms with E-state index in [4.69, 9.17) is 0 Å². The van der Waals surface area contributed by atoms with E-state index < -0.39 is 5.60 Å². The molecule has 0 atom stereocenters. The molecule has 1 aromatic rings. The summed E-state index contributed by atoms with van der Waals surface area (Å²) in [5.74, 6) is -0.238. The molecule has 0 aliphatic carbocycles. The summed E-state index contributed by atoms with van der Waals surface area (Å²) in [6, 6.07) is 7.23. The van der Waals surface area contributed by atoms with Crippen molar-refractivity contribution in [3.63, 3.8) is 0 Å². The van der Waals surface area contributed by atoms with Crippen LogP contribution in [0.3, 0.4) is 0 Å². The molecule has 1 aromatic carbocycles. The summed E-state index contributed by atoms with van der Waals surface area (Å²) in [5.41, 5.74) is -0.711. The smallest absolute Gasteiger partial charge is 0.194 e. The van der Waals surface area contributed by atoms with Gasteiger partial charge in [0, 0.05) is 9.13 Å². The van der Waals surface area contributed by atoms with E-state index in [2.05, 4.69) is 22.6 Å². The number of halogens is 1. The normalized spacial score (nSPS) is 11.4. The molecule has 0 bridgehead atoms. The maximum atomic E-state index is 11.6. The highest BCUT2D eigenvalue weighted by Gasteiger charge is 2.26. The molecule has 0 spiro atoms. The van der Waals surface area contributed by atoms with E-state index in [0.717, 1.165) is 3.57 Å². The summed E-state index contributed by atoms with van der Waals surface area (Å²) >= 11 is 2.08. The standard InChI is InChI=1S/C10H11IO2/c1-10(2,13)9(12)7-5-3-4-6-8(7)11/h3-6,13H,1-2H3. The topological polar surface area (TPSA) is 37.3 Å². The first-order valence-corrected chi connectivity index (χ1v) is 5.02. The maximum absolute atomic E-state index is 11.6. The van der Waals surface area contributed by atoms with Crippen molar-refractivity contribution in [1.29, 1.82) is 0 Å². The SMILES string of the molecule is CC(C)(O)C(=O)c1ccccc1I. The van der Waals surface area contributed by atoms with Gasteiger partial charge in [0.15, 0.2) is 5.78 Å². The number of benzene rings is 1. The Hall–Kier alpha value is -0.420. The molecule has 0 heterocycles. The molecule has 1 N–H and O–H groups in total. The van der Waals surface area contributed by atoms with Crippen molar-refractivity contribution in [2.75, 3.05) is 0 Å². The van der Waals surface area contributed by atoms with E-state index in [1.807, 2.05) is 12.1 Å². The summed E-state index contributed by atoms with van der Waals surface area (Å²) in [4.78, 5) is 11.6. The second-order valence-corrected chi connectivity index (χ2v) is 4.53. The van der Waals surface area contributed by atoms with Crippen molar-refractivity contribution < 1.29 is 9.90 Å². The van der Waals surface area contributed by atoms with Crippen LogP contribution in [0.4, 0.5) is 0 Å². The second kappa shape index (κ2) is 3.75. The minimum absolute atomic E-state index is 0.238. The molecule has 0 saturated carbocycles. The third-order valence-corrected chi connectivity index (χ3v) is 2.61. The average Bonchev–Trinajstić information content (AvgIpc) is 2.02. The van der Waals surface area contributed by atoms with Gasteiger partial charge >= 0.3 is 0 Å². The molecule has 0 aliphatic heterocycles. The Labute approximate surface area is 91.1 Å². The van der Waals surface area contributed by atoms with E-state index in [1.165, 1.54) is 13.8 Å². The number of carbonyl (C=O) groups excluding carboxylic acids is 1. The van der Waals surface area contributed by atoms with Gasteiger partial charge in [-0.15, -0.1) is 0 Å². The number of Topliss-reactive ketones (excluding diaryl/α,β-unsaturated/α-hetero) is 1. The van der Waals surface area contributed by atoms with E-state index in [0.29, 0.717) is 5.56 Å². The Bertz CT molecular complexity index is 326. The fourth-order valence-electron chi connectivity index (χ4n) is 0.975. The van der Waals surface area contributed by atoms with Gasteiger partial charge < -0.3 is 5.11 Å². The van der Waals surface area contributed by atoms with E-state index in [9.17, 15) is 9.90 Å². The Morgan fingerprint density at radius 1 is 1.38 bits per heavy atom. The summed E-state index contributed by atoms with van der Waals surface area (Å²) in [7, 11) is 0. The first kappa shape index (κ1) is 10.7. The van der Waals surface area contributed by atoms with Gasteiger partial charge in [-0.1, -0.05) is 18.2 Å². The van der Waals surface area contributed by atoms with Crippen LogP contribution in [-0.4, -0.2) is 16.5 Å². The minimum Gasteiger partial charge on any atom is -0.382 e. The molecule has 0 saturated heterocycles. The largest absolute Gasteiger partial charge is 0.382 e. The number of hydrogen-bond donors (Lipinski definition) is 1. The zero-order valence-electron chi connectivity index (χ0n) is 7.54. The van der Waals surface area contributed by atoms with Gasteiger partial charge in [0.1, 0.15) is 5.60 Å². The third-order valence-electron chi connectivity index (χ3n) is 1.67. The van der Waals surface area contributed by atoms with Crippen LogP contribution < -0.4 is 0 Å². The van der Waals surface area contributed by atoms with Gasteiger partial charge in [-0.05, 0) is 42.5 Å². The monoisotopic (exact) mass is 290 g/mol. The van der Waals surface area contributed by atoms with Crippen LogP contribution in [0, 0.1) is 3.57 Å². The van der Waals surface area contributed by atoms with Gasteiger partial charge in [0.25, 0.3) is 0 Å². The molecule has 2 nitrogen and oxygen atoms in total. The highest BCUT2D eigenvalue weighted by atomic mass is 127. The zero-order valence-corrected chi connectivity index (χ0v) is 9.70. The molecule has 1 rings (SSSR count). The van der Waals surface area contributed by atoms with E-state index in [1.54, 1.807) is 12.1 Å². The lowest BCUT2D eigenvalue weighted by Crippen LogP contribution is -2.31. The highest BCUT2D eigenvalue weighted by Crippen LogP contribution is 2.17. The van der Waals surface area contributed by atoms with Gasteiger partial charge in [-0.2, -0.15) is 0 Å². The summed E-state index contributed by atoms with van der Waals surface area (Å²) < 4.78 is 0.868. The van der Waals surface area contributed by atoms with Crippen LogP contribution in [-0.2, 0) is 0 Å². The summed E-state index contributed by atoms with van der Waals surface area (Å²) in [6.45, 7) is 3.00. The highest BCUT2D eigenvalue weighted by molar-refractivity contribution is 14.1. The van der Waals surface area contributed by atoms with Crippen LogP contribution in [0.25, 0.3) is 0 Å². The van der Waals surface area contributed by atoms with Gasteiger partial charge in [0.05, 0.1) is 0 Å². The fraction of sp³-hybridized carbons (Fsp3) is 0.300. The van der Waals surface area contributed by atoms with Gasteiger partial charge in [0.2, 0.25) is 0 Å². The Morgan fingerprint density at radius 2 is 1.92 bits per heavy atom. The molecular formula is C10H11IO2. The lowest BCUT2D eigenvalue weighted by Gasteiger charge is -2.16. The lowest BCUT2D eigenvalue weighted by molar-refractivity contribution is 0.0487. The predicted octanol–water partition coefficient (Wildman–Crippen LogP) is 2.24. The van der Waals surface area contributed by atoms with Crippen molar-refractivity contribution >= 4 is 28.4 Å². The lowest BCUT2D eigenvalue weighted by atomic mass is 9.97. The molecule has 3 heteroatoms. The third kappa shape index (κ3) is 2.51. The number of carbonyl (C=O) groups is 1. The molecule has 0 amide bonds. The number of ketones is 1. The quantitative estimate of drug-likeness (QED) is 0.670. The predicted molar refractivity (Wildman–Crippen MR) is 59.8 cm³/mol. The molecule has 0 fully saturated rings. The van der Waals surface area contributed by atoms with Crippen LogP contribution in [0.1, 0.15) is 24.2 Å². The molecule has 13 heavy (non-hydrogen) atoms. The number of rotatable bonds is 2. The van der Waals surface area contributed by atoms with Crippen molar-refractivity contribution in [2.45, 2.75) is 19.4 Å². The van der Waals surface area contributed by atoms with Crippen molar-refractivity contribution in [3.8, 4) is 0 Å². The number of hydrogen-bond acceptors (Lipinski definition) is 2. The van der Waals surface area contributed by atoms with Gasteiger partial charge in [-0.25, -0.2) is 0 Å². The maximum Gasteiger partial charge on any atom is 0.194 e. The van der Waals surface area contributed by atoms with Crippen molar-refractivity contribution in [2.24, 2.45) is 0 Å². The molecule has 0 aromatic heterocycles. The zero-order chi connectivity index (χ0) is 10.1. The first-order chi connectivity index (χ1) is 5.93. The number of aliphatic hydroxyl groups is 1. The van der Waals surface area contributed by atoms with Gasteiger partial charge in [-0.3, -0.25) is 4.79 Å². The molecule has 0 aliphatic rings. The Morgan fingerprint density at radius 3 is 2.38 bits per heavy atom. The minimum atomic E-state index is -1.29. The fourth-order valence-corrected chi connectivity index (χ4v) is 1.61. The van der Waals surface area contributed by atoms with Crippen LogP contribution in [0.5, 0.6) is 0 Å². The van der Waals surface area contributed by atoms with E-state index in [-0.39, 0.29) is 5.78 Å². The summed E-state index contributed by atoms with van der Waals surface area (Å²) in [6.07, 6.45) is 0. The molecule has 70 valence electrons. The van der Waals surface area contributed by atoms with Crippen LogP contribution in [0.15, 0.2) is 24.3 Å². The van der Waals surface area contributed by atoms with Crippen LogP contribution >= 0.6 is 22.6 Å². The van der Waals surface area contributed by atoms with Crippen molar-refractivity contribution in [3.05, 3.63) is 33.4 Å². The van der Waals surface area contributed by atoms with Crippen molar-refractivity contribution in [1.82, 2.24) is 0 Å². The van der Waals surface area contributed by atoms with Crippen LogP contribution in [0.2, 0.25) is 0 Å². The Kier molecular flexibility index (Phi) is 3.08. The Balaban J connectivity index is 3.10. The second-order valence-electron chi connectivity index (χ2n) is 3.37.